The van der Waals surface area contributed by atoms with Crippen LogP contribution in [0.3, 0.4) is 0 Å². The Kier molecular flexibility index (Phi) is 3.91. The quantitative estimate of drug-likeness (QED) is 0.679. The summed E-state index contributed by atoms with van der Waals surface area (Å²) in [6, 6.07) is 0. The first-order chi connectivity index (χ1) is 7.29. The highest BCUT2D eigenvalue weighted by Crippen LogP contribution is 2.16. The fourth-order valence-corrected chi connectivity index (χ4v) is 1.52. The summed E-state index contributed by atoms with van der Waals surface area (Å²) in [4.78, 5) is 24.3. The Morgan fingerprint density at radius 2 is 2.12 bits per heavy atom. The highest BCUT2D eigenvalue weighted by molar-refractivity contribution is 5.92. The number of likely N-dealkylation sites (tertiary alicyclic amines) is 1. The van der Waals surface area contributed by atoms with Crippen LogP contribution in [-0.2, 0) is 9.53 Å². The molecule has 5 heteroatoms. The number of carbonyl (C=O) groups excluding carboxylic acids is 2. The number of rotatable bonds is 0. The lowest BCUT2D eigenvalue weighted by Gasteiger charge is -2.26. The third-order valence-electron chi connectivity index (χ3n) is 2.24. The Labute approximate surface area is 95.4 Å². The average molecular weight is 229 g/mol. The van der Waals surface area contributed by atoms with E-state index in [4.69, 9.17) is 4.74 Å². The first-order valence-corrected chi connectivity index (χ1v) is 5.51. The predicted molar refractivity (Wildman–Crippen MR) is 57.8 cm³/mol. The predicted octanol–water partition coefficient (Wildman–Crippen LogP) is 1.29. The lowest BCUT2D eigenvalue weighted by Crippen LogP contribution is -2.43. The fourth-order valence-electron chi connectivity index (χ4n) is 1.52. The van der Waals surface area contributed by atoms with Crippen LogP contribution < -0.4 is 0 Å². The second kappa shape index (κ2) is 4.82. The maximum atomic E-state index is 11.7. The van der Waals surface area contributed by atoms with Crippen molar-refractivity contribution >= 4 is 12.0 Å². The number of imide groups is 1. The van der Waals surface area contributed by atoms with Crippen LogP contribution in [-0.4, -0.2) is 40.3 Å². The summed E-state index contributed by atoms with van der Waals surface area (Å²) in [5.41, 5.74) is -0.630. The molecular formula is C11H19NO4. The molecule has 0 bridgehead atoms. The number of ether oxygens (including phenoxy) is 1. The van der Waals surface area contributed by atoms with Gasteiger partial charge in [0, 0.05) is 6.42 Å². The van der Waals surface area contributed by atoms with Crippen molar-refractivity contribution in [2.45, 2.75) is 51.7 Å². The van der Waals surface area contributed by atoms with Gasteiger partial charge >= 0.3 is 6.09 Å². The van der Waals surface area contributed by atoms with Crippen LogP contribution in [0.5, 0.6) is 0 Å². The third kappa shape index (κ3) is 3.81. The maximum Gasteiger partial charge on any atom is 0.417 e. The van der Waals surface area contributed by atoms with Gasteiger partial charge in [0.05, 0.1) is 12.6 Å². The summed E-state index contributed by atoms with van der Waals surface area (Å²) in [7, 11) is 0. The zero-order valence-electron chi connectivity index (χ0n) is 10.0. The van der Waals surface area contributed by atoms with Crippen molar-refractivity contribution in [3.8, 4) is 0 Å². The van der Waals surface area contributed by atoms with Crippen LogP contribution in [0.4, 0.5) is 4.79 Å². The Morgan fingerprint density at radius 3 is 2.69 bits per heavy atom. The van der Waals surface area contributed by atoms with Crippen LogP contribution in [0, 0.1) is 0 Å². The molecule has 0 spiro atoms. The molecule has 2 amide bonds. The van der Waals surface area contributed by atoms with Crippen molar-refractivity contribution in [3.63, 3.8) is 0 Å². The SMILES string of the molecule is CC(C)(C)OC(=O)N1CC(O)CCCC1=O. The van der Waals surface area contributed by atoms with Crippen molar-refractivity contribution in [1.29, 1.82) is 0 Å². The zero-order chi connectivity index (χ0) is 12.3. The molecule has 0 radical (unpaired) electrons. The maximum absolute atomic E-state index is 11.7. The summed E-state index contributed by atoms with van der Waals surface area (Å²) in [6.45, 7) is 5.25. The molecule has 1 rings (SSSR count). The van der Waals surface area contributed by atoms with E-state index < -0.39 is 17.8 Å². The fraction of sp³-hybridized carbons (Fsp3) is 0.818. The van der Waals surface area contributed by atoms with Gasteiger partial charge in [-0.2, -0.15) is 0 Å². The topological polar surface area (TPSA) is 66.8 Å². The van der Waals surface area contributed by atoms with Crippen LogP contribution in [0.1, 0.15) is 40.0 Å². The molecule has 1 N–H and O–H groups in total. The molecule has 92 valence electrons. The van der Waals surface area contributed by atoms with Gasteiger partial charge in [-0.15, -0.1) is 0 Å². The number of aliphatic hydroxyl groups excluding tert-OH is 1. The van der Waals surface area contributed by atoms with Crippen LogP contribution in [0.2, 0.25) is 0 Å². The first kappa shape index (κ1) is 13.0. The Bertz CT molecular complexity index is 282. The minimum Gasteiger partial charge on any atom is -0.443 e. The van der Waals surface area contributed by atoms with Gasteiger partial charge < -0.3 is 9.84 Å². The highest BCUT2D eigenvalue weighted by atomic mass is 16.6. The van der Waals surface area contributed by atoms with E-state index in [0.29, 0.717) is 12.8 Å². The van der Waals surface area contributed by atoms with Gasteiger partial charge in [0.25, 0.3) is 0 Å². The molecule has 1 fully saturated rings. The molecular weight excluding hydrogens is 210 g/mol. The minimum atomic E-state index is -0.668. The monoisotopic (exact) mass is 229 g/mol. The van der Waals surface area contributed by atoms with Crippen molar-refractivity contribution in [2.75, 3.05) is 6.54 Å². The van der Waals surface area contributed by atoms with Gasteiger partial charge in [0.2, 0.25) is 5.91 Å². The van der Waals surface area contributed by atoms with Crippen molar-refractivity contribution in [3.05, 3.63) is 0 Å². The van der Waals surface area contributed by atoms with Crippen molar-refractivity contribution < 1.29 is 19.4 Å². The van der Waals surface area contributed by atoms with Gasteiger partial charge in [-0.1, -0.05) is 0 Å². The molecule has 0 aromatic rings. The van der Waals surface area contributed by atoms with E-state index >= 15 is 0 Å². The Balaban J connectivity index is 2.68. The number of aliphatic hydroxyl groups is 1. The first-order valence-electron chi connectivity index (χ1n) is 5.51. The van der Waals surface area contributed by atoms with E-state index in [9.17, 15) is 14.7 Å². The molecule has 1 atom stereocenters. The second-order valence-electron chi connectivity index (χ2n) is 5.03. The number of β-amino-alcohol motifs (C(OH)–C–C–N with tert-alkyl or cyclic N) is 1. The number of hydrogen-bond donors (Lipinski definition) is 1. The number of hydrogen-bond acceptors (Lipinski definition) is 4. The zero-order valence-corrected chi connectivity index (χ0v) is 10.0. The van der Waals surface area contributed by atoms with Gasteiger partial charge in [0.15, 0.2) is 0 Å². The Morgan fingerprint density at radius 1 is 1.50 bits per heavy atom. The molecule has 0 aromatic heterocycles. The van der Waals surface area contributed by atoms with Crippen LogP contribution in [0.25, 0.3) is 0 Å². The standard InChI is InChI=1S/C11H19NO4/c1-11(2,3)16-10(15)12-7-8(13)5-4-6-9(12)14/h8,13H,4-7H2,1-3H3. The molecule has 1 aliphatic heterocycles. The van der Waals surface area contributed by atoms with E-state index in [0.717, 1.165) is 4.90 Å². The normalized spacial score (nSPS) is 22.9. The largest absolute Gasteiger partial charge is 0.443 e. The molecule has 0 aromatic carbocycles. The summed E-state index contributed by atoms with van der Waals surface area (Å²) >= 11 is 0. The average Bonchev–Trinajstić information content (AvgIpc) is 2.25. The summed E-state index contributed by atoms with van der Waals surface area (Å²) in [6.07, 6.45) is 0.137. The number of nitrogens with zero attached hydrogens (tertiary/aromatic N) is 1. The van der Waals surface area contributed by atoms with E-state index in [2.05, 4.69) is 0 Å². The second-order valence-corrected chi connectivity index (χ2v) is 5.03. The van der Waals surface area contributed by atoms with Gasteiger partial charge in [0.1, 0.15) is 5.60 Å². The number of carbonyl (C=O) groups is 2. The molecule has 0 aliphatic carbocycles. The number of amides is 2. The van der Waals surface area contributed by atoms with Crippen LogP contribution >= 0.6 is 0 Å². The summed E-state index contributed by atoms with van der Waals surface area (Å²) in [5.74, 6) is -0.272. The van der Waals surface area contributed by atoms with Crippen LogP contribution in [0.15, 0.2) is 0 Å². The lowest BCUT2D eigenvalue weighted by molar-refractivity contribution is -0.130. The van der Waals surface area contributed by atoms with Gasteiger partial charge in [-0.05, 0) is 33.6 Å². The van der Waals surface area contributed by atoms with Crippen molar-refractivity contribution in [1.82, 2.24) is 4.90 Å². The lowest BCUT2D eigenvalue weighted by atomic mass is 10.2. The molecule has 1 saturated heterocycles. The summed E-state index contributed by atoms with van der Waals surface area (Å²) < 4.78 is 5.11. The van der Waals surface area contributed by atoms with E-state index in [1.54, 1.807) is 20.8 Å². The van der Waals surface area contributed by atoms with Gasteiger partial charge in [-0.25, -0.2) is 9.69 Å². The third-order valence-corrected chi connectivity index (χ3v) is 2.24. The highest BCUT2D eigenvalue weighted by Gasteiger charge is 2.30. The minimum absolute atomic E-state index is 0.0355. The van der Waals surface area contributed by atoms with Crippen molar-refractivity contribution in [2.24, 2.45) is 0 Å². The van der Waals surface area contributed by atoms with Gasteiger partial charge in [-0.3, -0.25) is 4.79 Å². The molecule has 1 heterocycles. The molecule has 1 aliphatic rings. The Hall–Kier alpha value is -1.10. The summed E-state index contributed by atoms with van der Waals surface area (Å²) in [5, 5.41) is 9.52. The van der Waals surface area contributed by atoms with E-state index in [1.807, 2.05) is 0 Å². The van der Waals surface area contributed by atoms with E-state index in [1.165, 1.54) is 0 Å². The van der Waals surface area contributed by atoms with E-state index in [-0.39, 0.29) is 18.9 Å². The molecule has 16 heavy (non-hydrogen) atoms. The molecule has 1 unspecified atom stereocenters. The molecule has 0 saturated carbocycles. The smallest absolute Gasteiger partial charge is 0.417 e. The molecule has 5 nitrogen and oxygen atoms in total.